The van der Waals surface area contributed by atoms with Gasteiger partial charge in [-0.05, 0) is 44.7 Å². The van der Waals surface area contributed by atoms with E-state index in [9.17, 15) is 0 Å². The molecule has 0 radical (unpaired) electrons. The molecule has 0 saturated heterocycles. The molecular formula is C17H25N3. The first kappa shape index (κ1) is 14.9. The van der Waals surface area contributed by atoms with E-state index >= 15 is 0 Å². The molecule has 3 heteroatoms. The molecule has 0 bridgehead atoms. The highest BCUT2D eigenvalue weighted by Gasteiger charge is 2.26. The van der Waals surface area contributed by atoms with E-state index in [-0.39, 0.29) is 0 Å². The second kappa shape index (κ2) is 7.31. The Labute approximate surface area is 122 Å². The summed E-state index contributed by atoms with van der Waals surface area (Å²) < 4.78 is 0. The Kier molecular flexibility index (Phi) is 5.43. The SMILES string of the molecule is C#CCN(CC1CC1)c1ncccc1C(C)NCCC. The van der Waals surface area contributed by atoms with Crippen LogP contribution in [0.1, 0.15) is 44.7 Å². The standard InChI is InChI=1S/C17H25N3/c1-4-10-18-14(3)16-7-6-11-19-17(16)20(12-5-2)13-15-8-9-15/h2,6-7,11,14-15,18H,4,8-10,12-13H2,1,3H3. The molecule has 0 spiro atoms. The van der Waals surface area contributed by atoms with Crippen molar-refractivity contribution in [2.24, 2.45) is 5.92 Å². The third-order valence-corrected chi connectivity index (χ3v) is 3.74. The maximum absolute atomic E-state index is 5.53. The second-order valence-corrected chi connectivity index (χ2v) is 5.62. The van der Waals surface area contributed by atoms with Crippen LogP contribution in [0.2, 0.25) is 0 Å². The first-order chi connectivity index (χ1) is 9.76. The number of anilines is 1. The van der Waals surface area contributed by atoms with E-state index in [2.05, 4.69) is 41.0 Å². The molecule has 1 aromatic heterocycles. The number of aromatic nitrogens is 1. The minimum atomic E-state index is 0.304. The van der Waals surface area contributed by atoms with Gasteiger partial charge >= 0.3 is 0 Å². The third-order valence-electron chi connectivity index (χ3n) is 3.74. The van der Waals surface area contributed by atoms with E-state index in [4.69, 9.17) is 6.42 Å². The van der Waals surface area contributed by atoms with Crippen molar-refractivity contribution < 1.29 is 0 Å². The summed E-state index contributed by atoms with van der Waals surface area (Å²) >= 11 is 0. The van der Waals surface area contributed by atoms with Crippen LogP contribution in [0.15, 0.2) is 18.3 Å². The van der Waals surface area contributed by atoms with Crippen molar-refractivity contribution in [3.05, 3.63) is 23.9 Å². The van der Waals surface area contributed by atoms with E-state index in [0.29, 0.717) is 12.6 Å². The zero-order valence-electron chi connectivity index (χ0n) is 12.6. The molecule has 0 amide bonds. The molecule has 1 unspecified atom stereocenters. The predicted molar refractivity (Wildman–Crippen MR) is 84.7 cm³/mol. The Morgan fingerprint density at radius 1 is 1.55 bits per heavy atom. The molecule has 0 aromatic carbocycles. The zero-order valence-corrected chi connectivity index (χ0v) is 12.6. The van der Waals surface area contributed by atoms with Crippen LogP contribution in [-0.2, 0) is 0 Å². The van der Waals surface area contributed by atoms with Gasteiger partial charge in [0.2, 0.25) is 0 Å². The maximum Gasteiger partial charge on any atom is 0.134 e. The molecule has 0 aliphatic heterocycles. The van der Waals surface area contributed by atoms with Gasteiger partial charge in [0, 0.05) is 24.3 Å². The monoisotopic (exact) mass is 271 g/mol. The number of hydrogen-bond donors (Lipinski definition) is 1. The van der Waals surface area contributed by atoms with E-state index < -0.39 is 0 Å². The lowest BCUT2D eigenvalue weighted by Crippen LogP contribution is -2.30. The number of nitrogens with zero attached hydrogens (tertiary/aromatic N) is 2. The highest BCUT2D eigenvalue weighted by atomic mass is 15.2. The van der Waals surface area contributed by atoms with Crippen molar-refractivity contribution in [1.29, 1.82) is 0 Å². The molecular weight excluding hydrogens is 246 g/mol. The number of terminal acetylenes is 1. The van der Waals surface area contributed by atoms with Crippen molar-refractivity contribution in [3.63, 3.8) is 0 Å². The van der Waals surface area contributed by atoms with Gasteiger partial charge in [0.1, 0.15) is 5.82 Å². The fourth-order valence-electron chi connectivity index (χ4n) is 2.43. The Bertz CT molecular complexity index is 460. The largest absolute Gasteiger partial charge is 0.345 e. The van der Waals surface area contributed by atoms with Crippen molar-refractivity contribution in [2.45, 2.75) is 39.2 Å². The predicted octanol–water partition coefficient (Wildman–Crippen LogP) is 2.99. The number of pyridine rings is 1. The van der Waals surface area contributed by atoms with Crippen LogP contribution in [0.25, 0.3) is 0 Å². The normalized spacial score (nSPS) is 15.7. The molecule has 2 rings (SSSR count). The van der Waals surface area contributed by atoms with Crippen molar-refractivity contribution in [2.75, 3.05) is 24.5 Å². The Balaban J connectivity index is 2.17. The minimum Gasteiger partial charge on any atom is -0.345 e. The quantitative estimate of drug-likeness (QED) is 0.737. The molecule has 1 heterocycles. The smallest absolute Gasteiger partial charge is 0.134 e. The Hall–Kier alpha value is -1.53. The summed E-state index contributed by atoms with van der Waals surface area (Å²) in [4.78, 5) is 6.86. The van der Waals surface area contributed by atoms with Crippen LogP contribution in [0.5, 0.6) is 0 Å². The summed E-state index contributed by atoms with van der Waals surface area (Å²) in [6.07, 6.45) is 11.2. The lowest BCUT2D eigenvalue weighted by Gasteiger charge is -2.26. The fraction of sp³-hybridized carbons (Fsp3) is 0.588. The van der Waals surface area contributed by atoms with Gasteiger partial charge in [0.15, 0.2) is 0 Å². The minimum absolute atomic E-state index is 0.304. The lowest BCUT2D eigenvalue weighted by molar-refractivity contribution is 0.567. The van der Waals surface area contributed by atoms with Crippen LogP contribution in [-0.4, -0.2) is 24.6 Å². The molecule has 1 aliphatic rings. The topological polar surface area (TPSA) is 28.2 Å². The molecule has 108 valence electrons. The fourth-order valence-corrected chi connectivity index (χ4v) is 2.43. The summed E-state index contributed by atoms with van der Waals surface area (Å²) in [5, 5.41) is 3.54. The molecule has 1 atom stereocenters. The maximum atomic E-state index is 5.53. The van der Waals surface area contributed by atoms with Crippen molar-refractivity contribution >= 4 is 5.82 Å². The average Bonchev–Trinajstić information content (AvgIpc) is 3.28. The van der Waals surface area contributed by atoms with Gasteiger partial charge in [0.25, 0.3) is 0 Å². The second-order valence-electron chi connectivity index (χ2n) is 5.62. The first-order valence-electron chi connectivity index (χ1n) is 7.63. The molecule has 1 N–H and O–H groups in total. The van der Waals surface area contributed by atoms with Crippen LogP contribution < -0.4 is 10.2 Å². The number of hydrogen-bond acceptors (Lipinski definition) is 3. The van der Waals surface area contributed by atoms with E-state index in [0.717, 1.165) is 31.2 Å². The van der Waals surface area contributed by atoms with Gasteiger partial charge in [0.05, 0.1) is 6.54 Å². The zero-order chi connectivity index (χ0) is 14.4. The van der Waals surface area contributed by atoms with Crippen LogP contribution in [0.4, 0.5) is 5.82 Å². The Morgan fingerprint density at radius 2 is 2.35 bits per heavy atom. The summed E-state index contributed by atoms with van der Waals surface area (Å²) in [6.45, 7) is 7.08. The summed E-state index contributed by atoms with van der Waals surface area (Å²) in [6, 6.07) is 4.47. The summed E-state index contributed by atoms with van der Waals surface area (Å²) in [5.41, 5.74) is 1.25. The third kappa shape index (κ3) is 3.98. The highest BCUT2D eigenvalue weighted by Crippen LogP contribution is 2.32. The van der Waals surface area contributed by atoms with Crippen LogP contribution in [0.3, 0.4) is 0 Å². The summed E-state index contributed by atoms with van der Waals surface area (Å²) in [5.74, 6) is 4.63. The van der Waals surface area contributed by atoms with E-state index in [1.807, 2.05) is 12.3 Å². The van der Waals surface area contributed by atoms with E-state index in [1.54, 1.807) is 0 Å². The van der Waals surface area contributed by atoms with Crippen molar-refractivity contribution in [1.82, 2.24) is 10.3 Å². The van der Waals surface area contributed by atoms with E-state index in [1.165, 1.54) is 18.4 Å². The van der Waals surface area contributed by atoms with Gasteiger partial charge in [-0.15, -0.1) is 6.42 Å². The first-order valence-corrected chi connectivity index (χ1v) is 7.63. The molecule has 1 aromatic rings. The lowest BCUT2D eigenvalue weighted by atomic mass is 10.1. The van der Waals surface area contributed by atoms with Gasteiger partial charge in [-0.1, -0.05) is 18.9 Å². The molecule has 20 heavy (non-hydrogen) atoms. The Morgan fingerprint density at radius 3 is 3.00 bits per heavy atom. The molecule has 1 saturated carbocycles. The number of rotatable bonds is 8. The van der Waals surface area contributed by atoms with Crippen LogP contribution in [0, 0.1) is 18.3 Å². The van der Waals surface area contributed by atoms with Gasteiger partial charge in [-0.3, -0.25) is 0 Å². The van der Waals surface area contributed by atoms with Crippen LogP contribution >= 0.6 is 0 Å². The number of nitrogens with one attached hydrogen (secondary N) is 1. The molecule has 1 aliphatic carbocycles. The highest BCUT2D eigenvalue weighted by molar-refractivity contribution is 5.49. The summed E-state index contributed by atoms with van der Waals surface area (Å²) in [7, 11) is 0. The molecule has 3 nitrogen and oxygen atoms in total. The van der Waals surface area contributed by atoms with Crippen molar-refractivity contribution in [3.8, 4) is 12.3 Å². The van der Waals surface area contributed by atoms with Gasteiger partial charge < -0.3 is 10.2 Å². The van der Waals surface area contributed by atoms with Gasteiger partial charge in [-0.2, -0.15) is 0 Å². The van der Waals surface area contributed by atoms with Gasteiger partial charge in [-0.25, -0.2) is 4.98 Å². The average molecular weight is 271 g/mol. The molecule has 1 fully saturated rings.